The fourth-order valence-corrected chi connectivity index (χ4v) is 3.17. The minimum atomic E-state index is -0.0737. The summed E-state index contributed by atoms with van der Waals surface area (Å²) in [5, 5.41) is 7.51. The summed E-state index contributed by atoms with van der Waals surface area (Å²) < 4.78 is 7.50. The molecule has 1 N–H and O–H groups in total. The molecular formula is C18H23N3O2. The molecule has 0 fully saturated rings. The van der Waals surface area contributed by atoms with Crippen LogP contribution in [0.3, 0.4) is 0 Å². The second kappa shape index (κ2) is 6.07. The van der Waals surface area contributed by atoms with Gasteiger partial charge in [0.2, 0.25) is 0 Å². The van der Waals surface area contributed by atoms with Gasteiger partial charge in [0.15, 0.2) is 0 Å². The first-order chi connectivity index (χ1) is 11.0. The molecule has 2 heterocycles. The number of aryl methyl sites for hydroxylation is 2. The predicted molar refractivity (Wildman–Crippen MR) is 89.0 cm³/mol. The van der Waals surface area contributed by atoms with Crippen LogP contribution < -0.4 is 10.1 Å². The molecular weight excluding hydrogens is 290 g/mol. The van der Waals surface area contributed by atoms with Crippen LogP contribution in [0.2, 0.25) is 0 Å². The number of hydrogen-bond donors (Lipinski definition) is 1. The fraction of sp³-hybridized carbons (Fsp3) is 0.444. The van der Waals surface area contributed by atoms with E-state index in [0.29, 0.717) is 12.2 Å². The van der Waals surface area contributed by atoms with Gasteiger partial charge in [0.1, 0.15) is 5.75 Å². The Bertz CT molecular complexity index is 749. The number of ether oxygens (including phenoxy) is 1. The SMILES string of the molecule is Cc1nn(C)c(C)c1CC(C)NC(=O)c1cccc2c1OCC2. The molecule has 1 aromatic carbocycles. The number of nitrogens with one attached hydrogen (secondary N) is 1. The summed E-state index contributed by atoms with van der Waals surface area (Å²) in [6.07, 6.45) is 1.65. The van der Waals surface area contributed by atoms with Crippen LogP contribution in [0, 0.1) is 13.8 Å². The van der Waals surface area contributed by atoms with Gasteiger partial charge < -0.3 is 10.1 Å². The number of hydrogen-bond acceptors (Lipinski definition) is 3. The zero-order valence-electron chi connectivity index (χ0n) is 14.1. The second-order valence-electron chi connectivity index (χ2n) is 6.24. The molecule has 0 radical (unpaired) electrons. The van der Waals surface area contributed by atoms with Crippen molar-refractivity contribution in [3.63, 3.8) is 0 Å². The highest BCUT2D eigenvalue weighted by Crippen LogP contribution is 2.29. The van der Waals surface area contributed by atoms with Gasteiger partial charge in [0.25, 0.3) is 5.91 Å². The van der Waals surface area contributed by atoms with E-state index in [9.17, 15) is 4.79 Å². The lowest BCUT2D eigenvalue weighted by Gasteiger charge is -2.15. The van der Waals surface area contributed by atoms with E-state index in [-0.39, 0.29) is 11.9 Å². The van der Waals surface area contributed by atoms with Gasteiger partial charge in [0.05, 0.1) is 17.9 Å². The molecule has 23 heavy (non-hydrogen) atoms. The first kappa shape index (κ1) is 15.6. The maximum absolute atomic E-state index is 12.6. The summed E-state index contributed by atoms with van der Waals surface area (Å²) in [5.41, 5.74) is 5.12. The first-order valence-corrected chi connectivity index (χ1v) is 8.02. The molecule has 1 aromatic heterocycles. The van der Waals surface area contributed by atoms with E-state index in [2.05, 4.69) is 17.3 Å². The molecule has 0 aliphatic carbocycles. The summed E-state index contributed by atoms with van der Waals surface area (Å²) in [4.78, 5) is 12.6. The van der Waals surface area contributed by atoms with Crippen LogP contribution in [0.4, 0.5) is 0 Å². The number of benzene rings is 1. The summed E-state index contributed by atoms with van der Waals surface area (Å²) >= 11 is 0. The van der Waals surface area contributed by atoms with Gasteiger partial charge in [-0.2, -0.15) is 5.10 Å². The largest absolute Gasteiger partial charge is 0.492 e. The van der Waals surface area contributed by atoms with Crippen LogP contribution in [-0.2, 0) is 19.9 Å². The number of aromatic nitrogens is 2. The first-order valence-electron chi connectivity index (χ1n) is 8.02. The van der Waals surface area contributed by atoms with E-state index in [1.165, 1.54) is 5.56 Å². The predicted octanol–water partition coefficient (Wildman–Crippen LogP) is 2.33. The Balaban J connectivity index is 1.72. The Morgan fingerprint density at radius 3 is 2.91 bits per heavy atom. The molecule has 3 rings (SSSR count). The van der Waals surface area contributed by atoms with Crippen LogP contribution >= 0.6 is 0 Å². The van der Waals surface area contributed by atoms with Gasteiger partial charge in [-0.05, 0) is 44.4 Å². The maximum Gasteiger partial charge on any atom is 0.255 e. The average Bonchev–Trinajstić information content (AvgIpc) is 3.07. The van der Waals surface area contributed by atoms with Crippen molar-refractivity contribution in [1.29, 1.82) is 0 Å². The lowest BCUT2D eigenvalue weighted by molar-refractivity contribution is 0.0937. The second-order valence-corrected chi connectivity index (χ2v) is 6.24. The minimum absolute atomic E-state index is 0.0290. The summed E-state index contributed by atoms with van der Waals surface area (Å²) in [5.74, 6) is 0.668. The highest BCUT2D eigenvalue weighted by atomic mass is 16.5. The number of rotatable bonds is 4. The van der Waals surface area contributed by atoms with Crippen molar-refractivity contribution in [2.24, 2.45) is 7.05 Å². The Labute approximate surface area is 136 Å². The van der Waals surface area contributed by atoms with Gasteiger partial charge in [-0.15, -0.1) is 0 Å². The van der Waals surface area contributed by atoms with Crippen molar-refractivity contribution in [2.75, 3.05) is 6.61 Å². The standard InChI is InChI=1S/C18H23N3O2/c1-11(10-16-12(2)20-21(4)13(16)3)19-18(22)15-7-5-6-14-8-9-23-17(14)15/h5-7,11H,8-10H2,1-4H3,(H,19,22). The minimum Gasteiger partial charge on any atom is -0.492 e. The topological polar surface area (TPSA) is 56.2 Å². The van der Waals surface area contributed by atoms with Crippen LogP contribution in [0.5, 0.6) is 5.75 Å². The third-order valence-electron chi connectivity index (χ3n) is 4.51. The Hall–Kier alpha value is -2.30. The van der Waals surface area contributed by atoms with Crippen molar-refractivity contribution >= 4 is 5.91 Å². The zero-order valence-corrected chi connectivity index (χ0v) is 14.1. The Kier molecular flexibility index (Phi) is 4.11. The average molecular weight is 313 g/mol. The number of amides is 1. The monoisotopic (exact) mass is 313 g/mol. The molecule has 0 bridgehead atoms. The van der Waals surface area contributed by atoms with E-state index >= 15 is 0 Å². The van der Waals surface area contributed by atoms with Crippen molar-refractivity contribution in [1.82, 2.24) is 15.1 Å². The number of fused-ring (bicyclic) bond motifs is 1. The molecule has 1 aliphatic heterocycles. The van der Waals surface area contributed by atoms with Gasteiger partial charge in [0, 0.05) is 25.2 Å². The number of para-hydroxylation sites is 1. The Morgan fingerprint density at radius 1 is 1.43 bits per heavy atom. The molecule has 1 aliphatic rings. The number of carbonyl (C=O) groups is 1. The number of carbonyl (C=O) groups excluding carboxylic acids is 1. The van der Waals surface area contributed by atoms with Gasteiger partial charge in [-0.1, -0.05) is 12.1 Å². The lowest BCUT2D eigenvalue weighted by atomic mass is 10.0. The third kappa shape index (κ3) is 2.96. The fourth-order valence-electron chi connectivity index (χ4n) is 3.17. The third-order valence-corrected chi connectivity index (χ3v) is 4.51. The molecule has 1 unspecified atom stereocenters. The van der Waals surface area contributed by atoms with Crippen molar-refractivity contribution in [2.45, 2.75) is 39.7 Å². The molecule has 0 saturated heterocycles. The van der Waals surface area contributed by atoms with Crippen LogP contribution in [-0.4, -0.2) is 28.3 Å². The van der Waals surface area contributed by atoms with Gasteiger partial charge in [-0.25, -0.2) is 0 Å². The molecule has 0 saturated carbocycles. The summed E-state index contributed by atoms with van der Waals surface area (Å²) in [6, 6.07) is 5.79. The highest BCUT2D eigenvalue weighted by Gasteiger charge is 2.22. The van der Waals surface area contributed by atoms with Crippen molar-refractivity contribution in [3.8, 4) is 5.75 Å². The number of nitrogens with zero attached hydrogens (tertiary/aromatic N) is 2. The molecule has 0 spiro atoms. The quantitative estimate of drug-likeness (QED) is 0.942. The van der Waals surface area contributed by atoms with Crippen LogP contribution in [0.15, 0.2) is 18.2 Å². The lowest BCUT2D eigenvalue weighted by Crippen LogP contribution is -2.34. The van der Waals surface area contributed by atoms with Crippen molar-refractivity contribution in [3.05, 3.63) is 46.3 Å². The van der Waals surface area contributed by atoms with Gasteiger partial charge in [-0.3, -0.25) is 9.48 Å². The van der Waals surface area contributed by atoms with Crippen LogP contribution in [0.1, 0.15) is 39.8 Å². The van der Waals surface area contributed by atoms with E-state index in [0.717, 1.165) is 35.5 Å². The summed E-state index contributed by atoms with van der Waals surface area (Å²) in [7, 11) is 1.94. The highest BCUT2D eigenvalue weighted by molar-refractivity contribution is 5.97. The molecule has 5 heteroatoms. The molecule has 1 atom stereocenters. The smallest absolute Gasteiger partial charge is 0.255 e. The molecule has 2 aromatic rings. The summed E-state index contributed by atoms with van der Waals surface area (Å²) in [6.45, 7) is 6.74. The van der Waals surface area contributed by atoms with Gasteiger partial charge >= 0.3 is 0 Å². The van der Waals surface area contributed by atoms with Crippen molar-refractivity contribution < 1.29 is 9.53 Å². The van der Waals surface area contributed by atoms with E-state index in [1.807, 2.05) is 43.8 Å². The van der Waals surface area contributed by atoms with E-state index in [1.54, 1.807) is 0 Å². The molecule has 122 valence electrons. The zero-order chi connectivity index (χ0) is 16.6. The van der Waals surface area contributed by atoms with E-state index < -0.39 is 0 Å². The Morgan fingerprint density at radius 2 is 2.22 bits per heavy atom. The maximum atomic E-state index is 12.6. The normalized spacial score (nSPS) is 14.3. The molecule has 1 amide bonds. The van der Waals surface area contributed by atoms with E-state index in [4.69, 9.17) is 4.74 Å². The molecule has 5 nitrogen and oxygen atoms in total. The van der Waals surface area contributed by atoms with Crippen LogP contribution in [0.25, 0.3) is 0 Å².